The Hall–Kier alpha value is -3.06. The second-order valence-corrected chi connectivity index (χ2v) is 9.91. The lowest BCUT2D eigenvalue weighted by molar-refractivity contribution is -0.117. The van der Waals surface area contributed by atoms with Crippen molar-refractivity contribution in [2.75, 3.05) is 18.1 Å². The van der Waals surface area contributed by atoms with Crippen molar-refractivity contribution in [2.24, 2.45) is 11.8 Å². The van der Waals surface area contributed by atoms with Gasteiger partial charge in [0.1, 0.15) is 18.5 Å². The van der Waals surface area contributed by atoms with E-state index in [0.717, 1.165) is 48.2 Å². The molecule has 186 valence electrons. The first-order valence-corrected chi connectivity index (χ1v) is 12.7. The van der Waals surface area contributed by atoms with E-state index in [2.05, 4.69) is 12.2 Å². The van der Waals surface area contributed by atoms with E-state index in [0.29, 0.717) is 19.1 Å². The van der Waals surface area contributed by atoms with Gasteiger partial charge in [-0.3, -0.25) is 4.79 Å². The molecule has 1 saturated heterocycles. The van der Waals surface area contributed by atoms with Gasteiger partial charge in [-0.15, -0.1) is 0 Å². The van der Waals surface area contributed by atoms with Crippen LogP contribution in [0.15, 0.2) is 48.5 Å². The molecule has 5 rings (SSSR count). The molecule has 2 aliphatic heterocycles. The van der Waals surface area contributed by atoms with Gasteiger partial charge in [0.2, 0.25) is 5.91 Å². The second kappa shape index (κ2) is 10.3. The summed E-state index contributed by atoms with van der Waals surface area (Å²) in [4.78, 5) is 27.6. The first-order valence-electron chi connectivity index (χ1n) is 12.7. The Kier molecular flexibility index (Phi) is 6.95. The van der Waals surface area contributed by atoms with Gasteiger partial charge < -0.3 is 24.4 Å². The number of alkyl carbamates (subject to hydrolysis) is 1. The Bertz CT molecular complexity index is 1050. The monoisotopic (exact) mass is 478 g/mol. The molecule has 1 unspecified atom stereocenters. The lowest BCUT2D eigenvalue weighted by atomic mass is 9.80. The third-order valence-corrected chi connectivity index (χ3v) is 7.36. The van der Waals surface area contributed by atoms with Crippen LogP contribution in [0.25, 0.3) is 0 Å². The third kappa shape index (κ3) is 5.30. The molecule has 2 heterocycles. The van der Waals surface area contributed by atoms with E-state index in [4.69, 9.17) is 14.2 Å². The van der Waals surface area contributed by atoms with Crippen LogP contribution < -0.4 is 15.0 Å². The highest BCUT2D eigenvalue weighted by Crippen LogP contribution is 2.50. The summed E-state index contributed by atoms with van der Waals surface area (Å²) in [5.74, 6) is 1.25. The SMILES string of the molecule is CC(=O)N1c2ccc(OC3CCOCC3)cc2C(NC(=O)OCc2ccccc2)[C@@H](C)[C@@H]1C1CC1. The van der Waals surface area contributed by atoms with Crippen molar-refractivity contribution in [1.29, 1.82) is 0 Å². The topological polar surface area (TPSA) is 77.1 Å². The fourth-order valence-electron chi connectivity index (χ4n) is 5.50. The summed E-state index contributed by atoms with van der Waals surface area (Å²) in [5.41, 5.74) is 2.68. The van der Waals surface area contributed by atoms with Crippen molar-refractivity contribution >= 4 is 17.7 Å². The van der Waals surface area contributed by atoms with Gasteiger partial charge in [0.15, 0.2) is 0 Å². The van der Waals surface area contributed by atoms with Crippen LogP contribution in [0.3, 0.4) is 0 Å². The number of ether oxygens (including phenoxy) is 3. The van der Waals surface area contributed by atoms with Crippen molar-refractivity contribution in [2.45, 2.75) is 64.3 Å². The molecular formula is C28H34N2O5. The van der Waals surface area contributed by atoms with Gasteiger partial charge in [0, 0.05) is 43.0 Å². The number of amides is 2. The van der Waals surface area contributed by atoms with E-state index in [9.17, 15) is 9.59 Å². The number of hydrogen-bond donors (Lipinski definition) is 1. The summed E-state index contributed by atoms with van der Waals surface area (Å²) < 4.78 is 17.3. The number of anilines is 1. The number of rotatable bonds is 6. The van der Waals surface area contributed by atoms with E-state index in [1.165, 1.54) is 0 Å². The van der Waals surface area contributed by atoms with Gasteiger partial charge >= 0.3 is 6.09 Å². The molecule has 3 atom stereocenters. The molecule has 3 aliphatic rings. The molecule has 1 aliphatic carbocycles. The zero-order valence-electron chi connectivity index (χ0n) is 20.4. The van der Waals surface area contributed by atoms with Crippen molar-refractivity contribution in [3.8, 4) is 5.75 Å². The van der Waals surface area contributed by atoms with Gasteiger partial charge in [-0.05, 0) is 42.5 Å². The average molecular weight is 479 g/mol. The molecule has 2 amide bonds. The predicted molar refractivity (Wildman–Crippen MR) is 132 cm³/mol. The fraction of sp³-hybridized carbons (Fsp3) is 0.500. The highest BCUT2D eigenvalue weighted by molar-refractivity contribution is 5.94. The highest BCUT2D eigenvalue weighted by atomic mass is 16.5. The number of carbonyl (C=O) groups excluding carboxylic acids is 2. The molecule has 2 fully saturated rings. The Morgan fingerprint density at radius 2 is 1.80 bits per heavy atom. The largest absolute Gasteiger partial charge is 0.490 e. The van der Waals surface area contributed by atoms with Crippen molar-refractivity contribution in [3.05, 3.63) is 59.7 Å². The van der Waals surface area contributed by atoms with E-state index in [-0.39, 0.29) is 36.6 Å². The Morgan fingerprint density at radius 3 is 2.49 bits per heavy atom. The molecule has 2 aromatic rings. The van der Waals surface area contributed by atoms with E-state index in [1.54, 1.807) is 6.92 Å². The second-order valence-electron chi connectivity index (χ2n) is 9.91. The average Bonchev–Trinajstić information content (AvgIpc) is 3.70. The molecule has 1 N–H and O–H groups in total. The molecule has 0 spiro atoms. The molecule has 2 aromatic carbocycles. The number of carbonyl (C=O) groups is 2. The summed E-state index contributed by atoms with van der Waals surface area (Å²) in [7, 11) is 0. The first kappa shape index (κ1) is 23.7. The smallest absolute Gasteiger partial charge is 0.407 e. The van der Waals surface area contributed by atoms with Crippen molar-refractivity contribution in [3.63, 3.8) is 0 Å². The number of benzene rings is 2. The van der Waals surface area contributed by atoms with Gasteiger partial charge in [-0.25, -0.2) is 4.79 Å². The van der Waals surface area contributed by atoms with Crippen LogP contribution in [0.1, 0.15) is 56.7 Å². The number of nitrogens with one attached hydrogen (secondary N) is 1. The molecule has 35 heavy (non-hydrogen) atoms. The van der Waals surface area contributed by atoms with Gasteiger partial charge in [0.25, 0.3) is 0 Å². The van der Waals surface area contributed by atoms with E-state index >= 15 is 0 Å². The maximum atomic E-state index is 12.9. The molecule has 7 heteroatoms. The number of fused-ring (bicyclic) bond motifs is 1. The predicted octanol–water partition coefficient (Wildman–Crippen LogP) is 4.99. The maximum Gasteiger partial charge on any atom is 0.407 e. The van der Waals surface area contributed by atoms with E-state index < -0.39 is 6.09 Å². The third-order valence-electron chi connectivity index (χ3n) is 7.36. The van der Waals surface area contributed by atoms with Crippen LogP contribution >= 0.6 is 0 Å². The summed E-state index contributed by atoms with van der Waals surface area (Å²) in [6.07, 6.45) is 3.55. The van der Waals surface area contributed by atoms with Gasteiger partial charge in [0.05, 0.1) is 19.3 Å². The summed E-state index contributed by atoms with van der Waals surface area (Å²) in [5, 5.41) is 3.12. The Balaban J connectivity index is 1.41. The zero-order chi connectivity index (χ0) is 24.4. The minimum atomic E-state index is -0.460. The van der Waals surface area contributed by atoms with Crippen LogP contribution in [0.2, 0.25) is 0 Å². The molecular weight excluding hydrogens is 444 g/mol. The Labute approximate surface area is 206 Å². The zero-order valence-corrected chi connectivity index (χ0v) is 20.4. The molecule has 1 saturated carbocycles. The minimum Gasteiger partial charge on any atom is -0.490 e. The summed E-state index contributed by atoms with van der Waals surface area (Å²) in [6, 6.07) is 15.3. The van der Waals surface area contributed by atoms with Crippen LogP contribution in [-0.4, -0.2) is 37.4 Å². The summed E-state index contributed by atoms with van der Waals surface area (Å²) in [6.45, 7) is 5.35. The Morgan fingerprint density at radius 1 is 1.06 bits per heavy atom. The molecule has 7 nitrogen and oxygen atoms in total. The molecule has 0 radical (unpaired) electrons. The maximum absolute atomic E-state index is 12.9. The molecule has 0 bridgehead atoms. The van der Waals surface area contributed by atoms with Gasteiger partial charge in [-0.2, -0.15) is 0 Å². The van der Waals surface area contributed by atoms with E-state index in [1.807, 2.05) is 53.4 Å². The standard InChI is InChI=1S/C28H34N2O5/c1-18-26(29-28(32)34-17-20-6-4-3-5-7-20)24-16-23(35-22-12-14-33-15-13-22)10-11-25(24)30(19(2)31)27(18)21-8-9-21/h3-7,10-11,16,18,21-22,26-27H,8-9,12-15,17H2,1-2H3,(H,29,32)/t18-,26?,27-/m1/s1. The van der Waals surface area contributed by atoms with Crippen molar-refractivity contribution in [1.82, 2.24) is 5.32 Å². The number of hydrogen-bond acceptors (Lipinski definition) is 5. The van der Waals surface area contributed by atoms with Crippen LogP contribution in [-0.2, 0) is 20.9 Å². The lowest BCUT2D eigenvalue weighted by Gasteiger charge is -2.45. The number of nitrogens with zero attached hydrogens (tertiary/aromatic N) is 1. The first-order chi connectivity index (χ1) is 17.0. The van der Waals surface area contributed by atoms with Crippen LogP contribution in [0.5, 0.6) is 5.75 Å². The minimum absolute atomic E-state index is 0.0261. The lowest BCUT2D eigenvalue weighted by Crippen LogP contribution is -2.53. The highest BCUT2D eigenvalue weighted by Gasteiger charge is 2.48. The fourth-order valence-corrected chi connectivity index (χ4v) is 5.50. The normalized spacial score (nSPS) is 24.4. The summed E-state index contributed by atoms with van der Waals surface area (Å²) >= 11 is 0. The van der Waals surface area contributed by atoms with Gasteiger partial charge in [-0.1, -0.05) is 37.3 Å². The quantitative estimate of drug-likeness (QED) is 0.633. The molecule has 0 aromatic heterocycles. The van der Waals surface area contributed by atoms with Crippen molar-refractivity contribution < 1.29 is 23.8 Å². The van der Waals surface area contributed by atoms with Crippen LogP contribution in [0.4, 0.5) is 10.5 Å². The van der Waals surface area contributed by atoms with Crippen LogP contribution in [0, 0.1) is 11.8 Å².